The van der Waals surface area contributed by atoms with Crippen molar-refractivity contribution in [3.8, 4) is 0 Å². The fraction of sp³-hybridized carbons (Fsp3) is 0.625. The highest BCUT2D eigenvalue weighted by molar-refractivity contribution is 5.89. The second kappa shape index (κ2) is 5.33. The Kier molecular flexibility index (Phi) is 4.79. The van der Waals surface area contributed by atoms with Crippen LogP contribution in [0.1, 0.15) is 20.3 Å². The average Bonchev–Trinajstić information content (AvgIpc) is 2.01. The lowest BCUT2D eigenvalue weighted by Crippen LogP contribution is -2.45. The SMILES string of the molecule is CC(=O)C[C@H](NC(=O)[C@H](C)O)C(=O)O. The van der Waals surface area contributed by atoms with Gasteiger partial charge in [-0.1, -0.05) is 0 Å². The van der Waals surface area contributed by atoms with Crippen LogP contribution in [0.15, 0.2) is 0 Å². The first kappa shape index (κ1) is 12.6. The Balaban J connectivity index is 4.31. The van der Waals surface area contributed by atoms with E-state index in [-0.39, 0.29) is 12.2 Å². The summed E-state index contributed by atoms with van der Waals surface area (Å²) >= 11 is 0. The van der Waals surface area contributed by atoms with E-state index in [1.165, 1.54) is 13.8 Å². The van der Waals surface area contributed by atoms with E-state index in [1.54, 1.807) is 0 Å². The minimum absolute atomic E-state index is 0.284. The van der Waals surface area contributed by atoms with Gasteiger partial charge in [0, 0.05) is 6.42 Å². The lowest BCUT2D eigenvalue weighted by Gasteiger charge is -2.13. The first-order valence-corrected chi connectivity index (χ1v) is 4.05. The molecule has 1 amide bonds. The summed E-state index contributed by atoms with van der Waals surface area (Å²) in [6.45, 7) is 2.44. The van der Waals surface area contributed by atoms with Crippen LogP contribution in [0.4, 0.5) is 0 Å². The smallest absolute Gasteiger partial charge is 0.326 e. The standard InChI is InChI=1S/C8H13NO5/c1-4(10)3-6(8(13)14)9-7(12)5(2)11/h5-6,11H,3H2,1-2H3,(H,9,12)(H,13,14)/t5-,6-/m0/s1. The summed E-state index contributed by atoms with van der Waals surface area (Å²) in [6.07, 6.45) is -1.57. The monoisotopic (exact) mass is 203 g/mol. The number of amides is 1. The summed E-state index contributed by atoms with van der Waals surface area (Å²) in [4.78, 5) is 32.1. The molecule has 0 rings (SSSR count). The molecule has 0 saturated carbocycles. The molecule has 0 aromatic carbocycles. The van der Waals surface area contributed by atoms with E-state index in [1.807, 2.05) is 5.32 Å². The number of Topliss-reactive ketones (excluding diaryl/α,β-unsaturated/α-hetero) is 1. The molecule has 6 heteroatoms. The van der Waals surface area contributed by atoms with Crippen LogP contribution >= 0.6 is 0 Å². The molecule has 0 heterocycles. The van der Waals surface area contributed by atoms with E-state index in [0.29, 0.717) is 0 Å². The Labute approximate surface area is 80.9 Å². The Morgan fingerprint density at radius 2 is 1.86 bits per heavy atom. The van der Waals surface area contributed by atoms with E-state index >= 15 is 0 Å². The third kappa shape index (κ3) is 4.56. The summed E-state index contributed by atoms with van der Waals surface area (Å²) in [5.41, 5.74) is 0. The van der Waals surface area contributed by atoms with Gasteiger partial charge in [0.15, 0.2) is 0 Å². The van der Waals surface area contributed by atoms with Gasteiger partial charge in [0.2, 0.25) is 5.91 Å². The average molecular weight is 203 g/mol. The lowest BCUT2D eigenvalue weighted by atomic mass is 10.1. The van der Waals surface area contributed by atoms with E-state index in [0.717, 1.165) is 0 Å². The number of aliphatic carboxylic acids is 1. The Morgan fingerprint density at radius 1 is 1.36 bits per heavy atom. The summed E-state index contributed by atoms with van der Waals surface area (Å²) in [6, 6.07) is -1.27. The van der Waals surface area contributed by atoms with Gasteiger partial charge in [0.25, 0.3) is 0 Å². The molecule has 0 aromatic rings. The Bertz CT molecular complexity index is 248. The Morgan fingerprint density at radius 3 is 2.14 bits per heavy atom. The number of aliphatic hydroxyl groups is 1. The molecule has 0 bridgehead atoms. The molecule has 0 spiro atoms. The number of rotatable bonds is 5. The second-order valence-corrected chi connectivity index (χ2v) is 2.98. The van der Waals surface area contributed by atoms with Gasteiger partial charge in [0.1, 0.15) is 17.9 Å². The van der Waals surface area contributed by atoms with Crippen LogP contribution in [0.5, 0.6) is 0 Å². The first-order chi connectivity index (χ1) is 6.34. The summed E-state index contributed by atoms with van der Waals surface area (Å²) in [5.74, 6) is -2.45. The molecule has 0 radical (unpaired) electrons. The van der Waals surface area contributed by atoms with Crippen molar-refractivity contribution in [2.45, 2.75) is 32.4 Å². The molecular formula is C8H13NO5. The van der Waals surface area contributed by atoms with Crippen LogP contribution in [0.25, 0.3) is 0 Å². The maximum absolute atomic E-state index is 10.9. The fourth-order valence-electron chi connectivity index (χ4n) is 0.780. The Hall–Kier alpha value is -1.43. The fourth-order valence-corrected chi connectivity index (χ4v) is 0.780. The largest absolute Gasteiger partial charge is 0.480 e. The van der Waals surface area contributed by atoms with E-state index in [2.05, 4.69) is 0 Å². The molecule has 2 atom stereocenters. The highest BCUT2D eigenvalue weighted by Crippen LogP contribution is 1.95. The van der Waals surface area contributed by atoms with E-state index < -0.39 is 24.0 Å². The van der Waals surface area contributed by atoms with Crippen molar-refractivity contribution in [2.24, 2.45) is 0 Å². The highest BCUT2D eigenvalue weighted by Gasteiger charge is 2.23. The topological polar surface area (TPSA) is 104 Å². The van der Waals surface area contributed by atoms with Crippen molar-refractivity contribution in [2.75, 3.05) is 0 Å². The molecule has 0 fully saturated rings. The summed E-state index contributed by atoms with van der Waals surface area (Å²) < 4.78 is 0. The lowest BCUT2D eigenvalue weighted by molar-refractivity contribution is -0.144. The number of carboxylic acids is 1. The third-order valence-electron chi connectivity index (χ3n) is 1.49. The van der Waals surface area contributed by atoms with Crippen LogP contribution in [0, 0.1) is 0 Å². The molecular weight excluding hydrogens is 190 g/mol. The quantitative estimate of drug-likeness (QED) is 0.527. The molecule has 0 saturated heterocycles. The number of aliphatic hydroxyl groups excluding tert-OH is 1. The zero-order valence-corrected chi connectivity index (χ0v) is 7.98. The van der Waals surface area contributed by atoms with Crippen molar-refractivity contribution in [3.63, 3.8) is 0 Å². The normalized spacial score (nSPS) is 14.2. The van der Waals surface area contributed by atoms with Crippen molar-refractivity contribution in [1.29, 1.82) is 0 Å². The molecule has 0 aliphatic rings. The minimum Gasteiger partial charge on any atom is -0.480 e. The number of nitrogens with one attached hydrogen (secondary N) is 1. The number of carbonyl (C=O) groups excluding carboxylic acids is 2. The number of hydrogen-bond acceptors (Lipinski definition) is 4. The zero-order chi connectivity index (χ0) is 11.3. The minimum atomic E-state index is -1.30. The van der Waals surface area contributed by atoms with Crippen LogP contribution < -0.4 is 5.32 Å². The summed E-state index contributed by atoms with van der Waals surface area (Å²) in [7, 11) is 0. The molecule has 14 heavy (non-hydrogen) atoms. The summed E-state index contributed by atoms with van der Waals surface area (Å²) in [5, 5.41) is 19.4. The molecule has 0 aromatic heterocycles. The van der Waals surface area contributed by atoms with Gasteiger partial charge in [0.05, 0.1) is 0 Å². The van der Waals surface area contributed by atoms with Crippen LogP contribution in [-0.2, 0) is 14.4 Å². The first-order valence-electron chi connectivity index (χ1n) is 4.05. The molecule has 3 N–H and O–H groups in total. The van der Waals surface area contributed by atoms with Gasteiger partial charge in [-0.2, -0.15) is 0 Å². The zero-order valence-electron chi connectivity index (χ0n) is 7.98. The van der Waals surface area contributed by atoms with Gasteiger partial charge in [-0.05, 0) is 13.8 Å². The number of carbonyl (C=O) groups is 3. The molecule has 6 nitrogen and oxygen atoms in total. The predicted octanol–water partition coefficient (Wildman–Crippen LogP) is -1.08. The second-order valence-electron chi connectivity index (χ2n) is 2.98. The maximum atomic E-state index is 10.9. The van der Waals surface area contributed by atoms with E-state index in [9.17, 15) is 14.4 Å². The van der Waals surface area contributed by atoms with Gasteiger partial charge in [-0.25, -0.2) is 4.79 Å². The van der Waals surface area contributed by atoms with Crippen molar-refractivity contribution >= 4 is 17.7 Å². The van der Waals surface area contributed by atoms with Crippen molar-refractivity contribution in [1.82, 2.24) is 5.32 Å². The van der Waals surface area contributed by atoms with Gasteiger partial charge in [-0.3, -0.25) is 9.59 Å². The number of hydrogen-bond donors (Lipinski definition) is 3. The van der Waals surface area contributed by atoms with Crippen LogP contribution in [0.2, 0.25) is 0 Å². The van der Waals surface area contributed by atoms with Crippen LogP contribution in [0.3, 0.4) is 0 Å². The molecule has 80 valence electrons. The van der Waals surface area contributed by atoms with Gasteiger partial charge < -0.3 is 15.5 Å². The van der Waals surface area contributed by atoms with Gasteiger partial charge >= 0.3 is 5.97 Å². The molecule has 0 unspecified atom stereocenters. The number of carboxylic acid groups (broad SMARTS) is 1. The number of ketones is 1. The van der Waals surface area contributed by atoms with Crippen molar-refractivity contribution in [3.05, 3.63) is 0 Å². The third-order valence-corrected chi connectivity index (χ3v) is 1.49. The van der Waals surface area contributed by atoms with E-state index in [4.69, 9.17) is 10.2 Å². The van der Waals surface area contributed by atoms with Crippen molar-refractivity contribution < 1.29 is 24.6 Å². The van der Waals surface area contributed by atoms with Crippen LogP contribution in [-0.4, -0.2) is 40.0 Å². The molecule has 0 aliphatic heterocycles. The predicted molar refractivity (Wildman–Crippen MR) is 46.5 cm³/mol. The molecule has 0 aliphatic carbocycles. The van der Waals surface area contributed by atoms with Gasteiger partial charge in [-0.15, -0.1) is 0 Å². The maximum Gasteiger partial charge on any atom is 0.326 e. The highest BCUT2D eigenvalue weighted by atomic mass is 16.4.